The van der Waals surface area contributed by atoms with Gasteiger partial charge < -0.3 is 9.67 Å². The van der Waals surface area contributed by atoms with Gasteiger partial charge in [0.1, 0.15) is 0 Å². The first-order valence-corrected chi connectivity index (χ1v) is 6.93. The SMILES string of the molecule is Cn1c2c(c3ccccc31)C[C@H](CCC(=O)O)CC2. The van der Waals surface area contributed by atoms with Gasteiger partial charge in [0.05, 0.1) is 0 Å². The van der Waals surface area contributed by atoms with E-state index in [1.165, 1.54) is 22.2 Å². The quantitative estimate of drug-likeness (QED) is 0.917. The van der Waals surface area contributed by atoms with Gasteiger partial charge in [-0.15, -0.1) is 0 Å². The molecule has 0 unspecified atom stereocenters. The number of aryl methyl sites for hydroxylation is 1. The van der Waals surface area contributed by atoms with Crippen LogP contribution >= 0.6 is 0 Å². The third-order valence-corrected chi connectivity index (χ3v) is 4.39. The number of nitrogens with zero attached hydrogens (tertiary/aromatic N) is 1. The van der Waals surface area contributed by atoms with Crippen molar-refractivity contribution in [2.24, 2.45) is 13.0 Å². The maximum atomic E-state index is 10.7. The third-order valence-electron chi connectivity index (χ3n) is 4.39. The summed E-state index contributed by atoms with van der Waals surface area (Å²) >= 11 is 0. The van der Waals surface area contributed by atoms with Gasteiger partial charge in [-0.05, 0) is 43.2 Å². The highest BCUT2D eigenvalue weighted by molar-refractivity contribution is 5.85. The van der Waals surface area contributed by atoms with Gasteiger partial charge >= 0.3 is 5.97 Å². The monoisotopic (exact) mass is 257 g/mol. The number of aromatic nitrogens is 1. The highest BCUT2D eigenvalue weighted by Gasteiger charge is 2.24. The largest absolute Gasteiger partial charge is 0.481 e. The molecule has 3 nitrogen and oxygen atoms in total. The molecule has 0 saturated carbocycles. The topological polar surface area (TPSA) is 42.2 Å². The number of para-hydroxylation sites is 1. The molecule has 0 amide bonds. The van der Waals surface area contributed by atoms with Gasteiger partial charge in [0.2, 0.25) is 0 Å². The molecular formula is C16H19NO2. The number of fused-ring (bicyclic) bond motifs is 3. The van der Waals surface area contributed by atoms with Crippen molar-refractivity contribution in [1.29, 1.82) is 0 Å². The molecule has 19 heavy (non-hydrogen) atoms. The van der Waals surface area contributed by atoms with E-state index in [-0.39, 0.29) is 0 Å². The maximum Gasteiger partial charge on any atom is 0.303 e. The van der Waals surface area contributed by atoms with E-state index in [0.29, 0.717) is 12.3 Å². The van der Waals surface area contributed by atoms with Crippen LogP contribution in [0.5, 0.6) is 0 Å². The molecule has 3 heteroatoms. The number of rotatable bonds is 3. The van der Waals surface area contributed by atoms with Crippen molar-refractivity contribution < 1.29 is 9.90 Å². The van der Waals surface area contributed by atoms with Gasteiger partial charge in [-0.2, -0.15) is 0 Å². The summed E-state index contributed by atoms with van der Waals surface area (Å²) in [4.78, 5) is 10.7. The molecule has 1 heterocycles. The van der Waals surface area contributed by atoms with E-state index >= 15 is 0 Å². The van der Waals surface area contributed by atoms with Crippen molar-refractivity contribution >= 4 is 16.9 Å². The van der Waals surface area contributed by atoms with Crippen molar-refractivity contribution in [2.75, 3.05) is 0 Å². The summed E-state index contributed by atoms with van der Waals surface area (Å²) in [6.45, 7) is 0. The summed E-state index contributed by atoms with van der Waals surface area (Å²) in [7, 11) is 2.14. The van der Waals surface area contributed by atoms with Crippen molar-refractivity contribution in [1.82, 2.24) is 4.57 Å². The lowest BCUT2D eigenvalue weighted by Gasteiger charge is -2.22. The zero-order valence-electron chi connectivity index (χ0n) is 11.2. The minimum absolute atomic E-state index is 0.296. The van der Waals surface area contributed by atoms with Gasteiger partial charge in [0, 0.05) is 30.1 Å². The number of carboxylic acids is 1. The fourth-order valence-electron chi connectivity index (χ4n) is 3.38. The number of aliphatic carboxylic acids is 1. The Morgan fingerprint density at radius 3 is 3.00 bits per heavy atom. The van der Waals surface area contributed by atoms with Gasteiger partial charge in [0.15, 0.2) is 0 Å². The molecule has 1 aliphatic carbocycles. The number of benzene rings is 1. The molecule has 100 valence electrons. The molecular weight excluding hydrogens is 238 g/mol. The standard InChI is InChI=1S/C16H19NO2/c1-17-14-5-3-2-4-12(14)13-10-11(6-8-15(13)17)7-9-16(18)19/h2-5,11H,6-10H2,1H3,(H,18,19)/t11-/m0/s1. The first kappa shape index (κ1) is 12.3. The highest BCUT2D eigenvalue weighted by Crippen LogP contribution is 2.35. The second kappa shape index (κ2) is 4.72. The molecule has 0 aliphatic heterocycles. The highest BCUT2D eigenvalue weighted by atomic mass is 16.4. The van der Waals surface area contributed by atoms with Crippen LogP contribution in [0.3, 0.4) is 0 Å². The molecule has 0 spiro atoms. The Kier molecular flexibility index (Phi) is 3.05. The zero-order chi connectivity index (χ0) is 13.4. The van der Waals surface area contributed by atoms with E-state index in [9.17, 15) is 4.79 Å². The smallest absolute Gasteiger partial charge is 0.303 e. The zero-order valence-corrected chi connectivity index (χ0v) is 11.2. The lowest BCUT2D eigenvalue weighted by molar-refractivity contribution is -0.137. The van der Waals surface area contributed by atoms with E-state index in [0.717, 1.165) is 25.7 Å². The van der Waals surface area contributed by atoms with Crippen LogP contribution in [0, 0.1) is 5.92 Å². The van der Waals surface area contributed by atoms with Crippen LogP contribution in [-0.4, -0.2) is 15.6 Å². The van der Waals surface area contributed by atoms with E-state index in [2.05, 4.69) is 35.9 Å². The van der Waals surface area contributed by atoms with Crippen molar-refractivity contribution in [3.8, 4) is 0 Å². The minimum Gasteiger partial charge on any atom is -0.481 e. The van der Waals surface area contributed by atoms with E-state index in [1.807, 2.05) is 0 Å². The number of carboxylic acid groups (broad SMARTS) is 1. The van der Waals surface area contributed by atoms with Crippen LogP contribution in [-0.2, 0) is 24.7 Å². The lowest BCUT2D eigenvalue weighted by atomic mass is 9.83. The van der Waals surface area contributed by atoms with Crippen LogP contribution < -0.4 is 0 Å². The summed E-state index contributed by atoms with van der Waals surface area (Å²) in [5, 5.41) is 10.2. The van der Waals surface area contributed by atoms with Gasteiger partial charge in [-0.3, -0.25) is 4.79 Å². The van der Waals surface area contributed by atoms with Gasteiger partial charge in [0.25, 0.3) is 0 Å². The Balaban J connectivity index is 1.92. The summed E-state index contributed by atoms with van der Waals surface area (Å²) < 4.78 is 2.30. The fourth-order valence-corrected chi connectivity index (χ4v) is 3.38. The second-order valence-electron chi connectivity index (χ2n) is 5.54. The molecule has 0 saturated heterocycles. The predicted molar refractivity (Wildman–Crippen MR) is 75.3 cm³/mol. The van der Waals surface area contributed by atoms with E-state index in [1.54, 1.807) is 0 Å². The number of hydrogen-bond donors (Lipinski definition) is 1. The average molecular weight is 257 g/mol. The van der Waals surface area contributed by atoms with Crippen LogP contribution in [0.25, 0.3) is 10.9 Å². The van der Waals surface area contributed by atoms with Gasteiger partial charge in [-0.25, -0.2) is 0 Å². The van der Waals surface area contributed by atoms with E-state index < -0.39 is 5.97 Å². The summed E-state index contributed by atoms with van der Waals surface area (Å²) in [5.41, 5.74) is 4.18. The Labute approximate surface area is 112 Å². The van der Waals surface area contributed by atoms with Crippen molar-refractivity contribution in [2.45, 2.75) is 32.1 Å². The normalized spacial score (nSPS) is 18.5. The molecule has 2 aromatic rings. The Hall–Kier alpha value is -1.77. The summed E-state index contributed by atoms with van der Waals surface area (Å²) in [6, 6.07) is 8.52. The average Bonchev–Trinajstić information content (AvgIpc) is 2.71. The molecule has 0 fully saturated rings. The van der Waals surface area contributed by atoms with Crippen LogP contribution in [0.15, 0.2) is 24.3 Å². The molecule has 1 atom stereocenters. The maximum absolute atomic E-state index is 10.7. The van der Waals surface area contributed by atoms with Crippen LogP contribution in [0.2, 0.25) is 0 Å². The Morgan fingerprint density at radius 2 is 2.21 bits per heavy atom. The van der Waals surface area contributed by atoms with Crippen LogP contribution in [0.4, 0.5) is 0 Å². The molecule has 0 radical (unpaired) electrons. The van der Waals surface area contributed by atoms with Gasteiger partial charge in [-0.1, -0.05) is 18.2 Å². The Morgan fingerprint density at radius 1 is 1.42 bits per heavy atom. The van der Waals surface area contributed by atoms with Crippen molar-refractivity contribution in [3.05, 3.63) is 35.5 Å². The predicted octanol–water partition coefficient (Wildman–Crippen LogP) is 3.15. The molecule has 3 rings (SSSR count). The van der Waals surface area contributed by atoms with Crippen LogP contribution in [0.1, 0.15) is 30.5 Å². The molecule has 1 aromatic carbocycles. The van der Waals surface area contributed by atoms with E-state index in [4.69, 9.17) is 5.11 Å². The minimum atomic E-state index is -0.677. The fraction of sp³-hybridized carbons (Fsp3) is 0.438. The Bertz CT molecular complexity index is 627. The lowest BCUT2D eigenvalue weighted by Crippen LogP contribution is -2.16. The molecule has 1 aromatic heterocycles. The first-order chi connectivity index (χ1) is 9.16. The summed E-state index contributed by atoms with van der Waals surface area (Å²) in [6.07, 6.45) is 4.32. The number of carbonyl (C=O) groups is 1. The third kappa shape index (κ3) is 2.14. The first-order valence-electron chi connectivity index (χ1n) is 6.93. The van der Waals surface area contributed by atoms with Crippen molar-refractivity contribution in [3.63, 3.8) is 0 Å². The molecule has 1 N–H and O–H groups in total. The summed E-state index contributed by atoms with van der Waals surface area (Å²) in [5.74, 6) is -0.155. The second-order valence-corrected chi connectivity index (χ2v) is 5.54. The molecule has 1 aliphatic rings. The number of hydrogen-bond acceptors (Lipinski definition) is 1. The molecule has 0 bridgehead atoms.